The van der Waals surface area contributed by atoms with Gasteiger partial charge in [-0.15, -0.1) is 0 Å². The Balaban J connectivity index is 2.21. The van der Waals surface area contributed by atoms with E-state index in [1.807, 2.05) is 48.6 Å². The number of phenols is 1. The topological polar surface area (TPSA) is 20.2 Å². The van der Waals surface area contributed by atoms with Gasteiger partial charge in [-0.3, -0.25) is 0 Å². The van der Waals surface area contributed by atoms with Crippen molar-refractivity contribution in [3.05, 3.63) is 64.7 Å². The molecule has 0 fully saturated rings. The Hall–Kier alpha value is -1.73. The Morgan fingerprint density at radius 1 is 0.875 bits per heavy atom. The standard InChI is InChI=1S/C14H11ClO/c15-13-9-6-11(7-10-13)5-8-12-3-1-2-4-14(12)16/h1-10,16H. The molecule has 0 heterocycles. The van der Waals surface area contributed by atoms with Crippen LogP contribution in [0.1, 0.15) is 11.1 Å². The van der Waals surface area contributed by atoms with E-state index in [0.717, 1.165) is 16.1 Å². The molecule has 80 valence electrons. The van der Waals surface area contributed by atoms with Gasteiger partial charge in [-0.25, -0.2) is 0 Å². The van der Waals surface area contributed by atoms with E-state index in [-0.39, 0.29) is 5.75 Å². The number of benzene rings is 2. The highest BCUT2D eigenvalue weighted by Crippen LogP contribution is 2.19. The van der Waals surface area contributed by atoms with Gasteiger partial charge in [0, 0.05) is 10.6 Å². The summed E-state index contributed by atoms with van der Waals surface area (Å²) in [4.78, 5) is 0. The van der Waals surface area contributed by atoms with Crippen LogP contribution in [-0.4, -0.2) is 5.11 Å². The third-order valence-corrected chi connectivity index (χ3v) is 2.51. The van der Waals surface area contributed by atoms with Crippen molar-refractivity contribution in [3.63, 3.8) is 0 Å². The highest BCUT2D eigenvalue weighted by molar-refractivity contribution is 6.30. The largest absolute Gasteiger partial charge is 0.507 e. The van der Waals surface area contributed by atoms with Crippen LogP contribution in [0.2, 0.25) is 5.02 Å². The molecule has 0 unspecified atom stereocenters. The van der Waals surface area contributed by atoms with E-state index in [2.05, 4.69) is 0 Å². The maximum Gasteiger partial charge on any atom is 0.122 e. The first-order valence-electron chi connectivity index (χ1n) is 4.97. The molecule has 16 heavy (non-hydrogen) atoms. The van der Waals surface area contributed by atoms with Crippen molar-refractivity contribution in [2.24, 2.45) is 0 Å². The summed E-state index contributed by atoms with van der Waals surface area (Å²) in [5.41, 5.74) is 1.85. The van der Waals surface area contributed by atoms with Crippen LogP contribution in [0.5, 0.6) is 5.75 Å². The summed E-state index contributed by atoms with van der Waals surface area (Å²) in [5, 5.41) is 10.3. The number of rotatable bonds is 2. The number of halogens is 1. The summed E-state index contributed by atoms with van der Waals surface area (Å²) in [6.07, 6.45) is 3.81. The second-order valence-corrected chi connectivity index (χ2v) is 3.88. The molecular weight excluding hydrogens is 220 g/mol. The predicted molar refractivity (Wildman–Crippen MR) is 68.5 cm³/mol. The molecule has 1 nitrogen and oxygen atoms in total. The highest BCUT2D eigenvalue weighted by atomic mass is 35.5. The quantitative estimate of drug-likeness (QED) is 0.766. The third kappa shape index (κ3) is 2.65. The van der Waals surface area contributed by atoms with Crippen LogP contribution in [0.3, 0.4) is 0 Å². The van der Waals surface area contributed by atoms with Crippen LogP contribution in [0.4, 0.5) is 0 Å². The van der Waals surface area contributed by atoms with Gasteiger partial charge >= 0.3 is 0 Å². The molecule has 0 saturated carbocycles. The van der Waals surface area contributed by atoms with E-state index < -0.39 is 0 Å². The fourth-order valence-electron chi connectivity index (χ4n) is 1.39. The second-order valence-electron chi connectivity index (χ2n) is 3.44. The first kappa shape index (κ1) is 10.8. The molecule has 0 saturated heterocycles. The van der Waals surface area contributed by atoms with Crippen molar-refractivity contribution >= 4 is 23.8 Å². The second kappa shape index (κ2) is 4.86. The van der Waals surface area contributed by atoms with Crippen LogP contribution in [0, 0.1) is 0 Å². The summed E-state index contributed by atoms with van der Waals surface area (Å²) in [6.45, 7) is 0. The molecule has 0 atom stereocenters. The SMILES string of the molecule is Oc1ccccc1C=Cc1ccc(Cl)cc1. The predicted octanol–water partition coefficient (Wildman–Crippen LogP) is 4.22. The number of phenolic OH excluding ortho intramolecular Hbond substituents is 1. The van der Waals surface area contributed by atoms with Gasteiger partial charge in [-0.2, -0.15) is 0 Å². The lowest BCUT2D eigenvalue weighted by Crippen LogP contribution is -1.74. The average molecular weight is 231 g/mol. The fraction of sp³-hybridized carbons (Fsp3) is 0. The lowest BCUT2D eigenvalue weighted by atomic mass is 10.1. The summed E-state index contributed by atoms with van der Waals surface area (Å²) in [6, 6.07) is 14.8. The van der Waals surface area contributed by atoms with Crippen molar-refractivity contribution in [2.45, 2.75) is 0 Å². The molecule has 0 aliphatic carbocycles. The lowest BCUT2D eigenvalue weighted by Gasteiger charge is -1.97. The monoisotopic (exact) mass is 230 g/mol. The average Bonchev–Trinajstić information content (AvgIpc) is 2.30. The maximum atomic E-state index is 9.56. The van der Waals surface area contributed by atoms with Crippen LogP contribution in [-0.2, 0) is 0 Å². The molecule has 2 aromatic rings. The van der Waals surface area contributed by atoms with Gasteiger partial charge in [-0.1, -0.05) is 54.1 Å². The van der Waals surface area contributed by atoms with Crippen LogP contribution in [0.15, 0.2) is 48.5 Å². The number of para-hydroxylation sites is 1. The zero-order chi connectivity index (χ0) is 11.4. The van der Waals surface area contributed by atoms with Gasteiger partial charge in [0.2, 0.25) is 0 Å². The molecule has 0 bridgehead atoms. The number of hydrogen-bond donors (Lipinski definition) is 1. The molecule has 0 aliphatic rings. The molecule has 0 radical (unpaired) electrons. The first-order valence-corrected chi connectivity index (χ1v) is 5.35. The molecule has 0 amide bonds. The normalized spacial score (nSPS) is 10.8. The Morgan fingerprint density at radius 3 is 2.25 bits per heavy atom. The Labute approximate surface area is 99.6 Å². The Bertz CT molecular complexity index is 500. The summed E-state index contributed by atoms with van der Waals surface area (Å²) < 4.78 is 0. The van der Waals surface area contributed by atoms with Crippen LogP contribution in [0.25, 0.3) is 12.2 Å². The van der Waals surface area contributed by atoms with E-state index >= 15 is 0 Å². The molecule has 2 heteroatoms. The van der Waals surface area contributed by atoms with E-state index in [1.165, 1.54) is 0 Å². The summed E-state index contributed by atoms with van der Waals surface area (Å²) in [7, 11) is 0. The third-order valence-electron chi connectivity index (χ3n) is 2.26. The molecule has 0 spiro atoms. The van der Waals surface area contributed by atoms with Crippen LogP contribution < -0.4 is 0 Å². The zero-order valence-corrected chi connectivity index (χ0v) is 9.35. The minimum absolute atomic E-state index is 0.285. The summed E-state index contributed by atoms with van der Waals surface area (Å²) in [5.74, 6) is 0.285. The Kier molecular flexibility index (Phi) is 3.28. The summed E-state index contributed by atoms with van der Waals surface area (Å²) >= 11 is 5.79. The van der Waals surface area contributed by atoms with Crippen molar-refractivity contribution in [2.75, 3.05) is 0 Å². The van der Waals surface area contributed by atoms with Gasteiger partial charge in [0.25, 0.3) is 0 Å². The molecule has 2 aromatic carbocycles. The van der Waals surface area contributed by atoms with Gasteiger partial charge in [0.1, 0.15) is 5.75 Å². The molecular formula is C14H11ClO. The van der Waals surface area contributed by atoms with Gasteiger partial charge < -0.3 is 5.11 Å². The van der Waals surface area contributed by atoms with Gasteiger partial charge in [0.15, 0.2) is 0 Å². The maximum absolute atomic E-state index is 9.56. The first-order chi connectivity index (χ1) is 7.75. The minimum Gasteiger partial charge on any atom is -0.507 e. The van der Waals surface area contributed by atoms with Gasteiger partial charge in [0.05, 0.1) is 0 Å². The minimum atomic E-state index is 0.285. The van der Waals surface area contributed by atoms with E-state index in [4.69, 9.17) is 11.6 Å². The Morgan fingerprint density at radius 2 is 1.56 bits per heavy atom. The van der Waals surface area contributed by atoms with Crippen molar-refractivity contribution in [3.8, 4) is 5.75 Å². The molecule has 2 rings (SSSR count). The van der Waals surface area contributed by atoms with Crippen molar-refractivity contribution in [1.29, 1.82) is 0 Å². The highest BCUT2D eigenvalue weighted by Gasteiger charge is 1.94. The zero-order valence-electron chi connectivity index (χ0n) is 8.60. The molecule has 1 N–H and O–H groups in total. The number of aromatic hydroxyl groups is 1. The van der Waals surface area contributed by atoms with E-state index in [1.54, 1.807) is 12.1 Å². The van der Waals surface area contributed by atoms with Crippen molar-refractivity contribution < 1.29 is 5.11 Å². The fourth-order valence-corrected chi connectivity index (χ4v) is 1.51. The number of hydrogen-bond acceptors (Lipinski definition) is 1. The van der Waals surface area contributed by atoms with Crippen molar-refractivity contribution in [1.82, 2.24) is 0 Å². The van der Waals surface area contributed by atoms with E-state index in [9.17, 15) is 5.11 Å². The molecule has 0 aliphatic heterocycles. The lowest BCUT2D eigenvalue weighted by molar-refractivity contribution is 0.474. The molecule has 0 aromatic heterocycles. The van der Waals surface area contributed by atoms with E-state index in [0.29, 0.717) is 0 Å². The smallest absolute Gasteiger partial charge is 0.122 e. The van der Waals surface area contributed by atoms with Gasteiger partial charge in [-0.05, 0) is 23.8 Å². The van der Waals surface area contributed by atoms with Crippen LogP contribution >= 0.6 is 11.6 Å².